The van der Waals surface area contributed by atoms with E-state index in [-0.39, 0.29) is 0 Å². The van der Waals surface area contributed by atoms with E-state index in [0.29, 0.717) is 11.3 Å². The Labute approximate surface area is 70.5 Å². The van der Waals surface area contributed by atoms with Gasteiger partial charge < -0.3 is 0 Å². The van der Waals surface area contributed by atoms with Crippen LogP contribution in [0.15, 0.2) is 0 Å². The topological polar surface area (TPSA) is 0 Å². The second-order valence-corrected chi connectivity index (χ2v) is 4.93. The molecule has 0 N–H and O–H groups in total. The Morgan fingerprint density at radius 3 is 2.45 bits per heavy atom. The van der Waals surface area contributed by atoms with E-state index < -0.39 is 0 Å². The second-order valence-electron chi connectivity index (χ2n) is 4.93. The van der Waals surface area contributed by atoms with Gasteiger partial charge in [-0.25, -0.2) is 0 Å². The first kappa shape index (κ1) is 7.58. The Bertz CT molecular complexity index is 205. The molecule has 2 bridgehead atoms. The zero-order chi connectivity index (χ0) is 8.22. The van der Waals surface area contributed by atoms with Crippen molar-refractivity contribution in [1.82, 2.24) is 0 Å². The summed E-state index contributed by atoms with van der Waals surface area (Å²) >= 11 is 0. The van der Waals surface area contributed by atoms with Crippen LogP contribution in [-0.4, -0.2) is 13.0 Å². The van der Waals surface area contributed by atoms with Crippen molar-refractivity contribution in [1.29, 1.82) is 0 Å². The van der Waals surface area contributed by atoms with Crippen molar-refractivity contribution in [3.05, 3.63) is 0 Å². The van der Waals surface area contributed by atoms with Gasteiger partial charge in [-0.2, -0.15) is 0 Å². The summed E-state index contributed by atoms with van der Waals surface area (Å²) in [5.41, 5.74) is 1.84. The Hall–Kier alpha value is -0.0651. The molecule has 0 aromatic carbocycles. The first-order valence-electron chi connectivity index (χ1n) is 4.64. The van der Waals surface area contributed by atoms with E-state index >= 15 is 0 Å². The predicted octanol–water partition coefficient (Wildman–Crippen LogP) is 2.03. The minimum absolute atomic E-state index is 0.586. The van der Waals surface area contributed by atoms with Crippen LogP contribution in [-0.2, 0) is 0 Å². The number of fused-ring (bicyclic) bond motifs is 2. The maximum atomic E-state index is 5.94. The van der Waals surface area contributed by atoms with E-state index in [1.54, 1.807) is 0 Å². The van der Waals surface area contributed by atoms with Gasteiger partial charge in [-0.1, -0.05) is 0 Å². The summed E-state index contributed by atoms with van der Waals surface area (Å²) in [7, 11) is 5.94. The van der Waals surface area contributed by atoms with Gasteiger partial charge in [0, 0.05) is 0 Å². The maximum absolute atomic E-state index is 5.94. The summed E-state index contributed by atoms with van der Waals surface area (Å²) in [4.78, 5) is 0. The van der Waals surface area contributed by atoms with Gasteiger partial charge in [0.05, 0.1) is 0 Å². The fourth-order valence-corrected chi connectivity index (χ4v) is 2.98. The van der Waals surface area contributed by atoms with Gasteiger partial charge >= 0.3 is 69.7 Å². The second kappa shape index (κ2) is 2.00. The Kier molecular flexibility index (Phi) is 1.37. The van der Waals surface area contributed by atoms with Gasteiger partial charge in [-0.3, -0.25) is 0 Å². The van der Waals surface area contributed by atoms with E-state index in [4.69, 9.17) is 7.49 Å². The molecular weight excluding hydrogens is 131 g/mol. The summed E-state index contributed by atoms with van der Waals surface area (Å²) in [6.45, 7) is 7.08. The van der Waals surface area contributed by atoms with Crippen molar-refractivity contribution < 1.29 is 0 Å². The zero-order valence-electron chi connectivity index (χ0n) is 7.72. The standard InChI is InChI=1S/C10H16B/c1-6-8-4-7(5-9(6)11)10(8,2)3/h6-8H,4-5H2,1-3H3. The SMILES string of the molecule is [B]=C1CC2CC(C1C)C2(C)C. The van der Waals surface area contributed by atoms with Gasteiger partial charge in [-0.05, 0) is 0 Å². The number of hydrogen-bond acceptors (Lipinski definition) is 0. The molecule has 0 amide bonds. The Morgan fingerprint density at radius 1 is 1.45 bits per heavy atom. The number of hydrogen-bond donors (Lipinski definition) is 0. The Balaban J connectivity index is 2.23. The molecule has 0 aromatic rings. The van der Waals surface area contributed by atoms with Gasteiger partial charge in [0.1, 0.15) is 0 Å². The van der Waals surface area contributed by atoms with E-state index in [9.17, 15) is 0 Å². The van der Waals surface area contributed by atoms with Crippen LogP contribution in [0.25, 0.3) is 0 Å². The molecule has 0 saturated heterocycles. The fraction of sp³-hybridized carbons (Fsp3) is 0.900. The van der Waals surface area contributed by atoms with Crippen molar-refractivity contribution in [2.24, 2.45) is 23.2 Å². The monoisotopic (exact) mass is 147 g/mol. The molecule has 3 atom stereocenters. The van der Waals surface area contributed by atoms with Gasteiger partial charge in [0.2, 0.25) is 0 Å². The van der Waals surface area contributed by atoms with Crippen LogP contribution in [0.2, 0.25) is 0 Å². The molecule has 3 aliphatic carbocycles. The molecular formula is C10H16B. The summed E-state index contributed by atoms with van der Waals surface area (Å²) in [6, 6.07) is 0. The fourth-order valence-electron chi connectivity index (χ4n) is 2.98. The predicted molar refractivity (Wildman–Crippen MR) is 49.9 cm³/mol. The molecule has 3 fully saturated rings. The molecule has 3 unspecified atom stereocenters. The van der Waals surface area contributed by atoms with Gasteiger partial charge in [-0.15, -0.1) is 0 Å². The van der Waals surface area contributed by atoms with Crippen LogP contribution >= 0.6 is 0 Å². The molecule has 0 nitrogen and oxygen atoms in total. The molecule has 0 aliphatic heterocycles. The zero-order valence-corrected chi connectivity index (χ0v) is 7.72. The first-order valence-corrected chi connectivity index (χ1v) is 4.64. The summed E-state index contributed by atoms with van der Waals surface area (Å²) in [5, 5.41) is 0. The third-order valence-electron chi connectivity index (χ3n) is 4.22. The van der Waals surface area contributed by atoms with Crippen LogP contribution in [0, 0.1) is 23.2 Å². The van der Waals surface area contributed by atoms with Crippen molar-refractivity contribution >= 4 is 13.0 Å². The normalized spacial score (nSPS) is 46.7. The van der Waals surface area contributed by atoms with Crippen LogP contribution < -0.4 is 0 Å². The molecule has 3 saturated carbocycles. The van der Waals surface area contributed by atoms with E-state index in [0.717, 1.165) is 11.8 Å². The van der Waals surface area contributed by atoms with E-state index in [2.05, 4.69) is 20.8 Å². The molecule has 11 heavy (non-hydrogen) atoms. The van der Waals surface area contributed by atoms with Crippen molar-refractivity contribution in [2.75, 3.05) is 0 Å². The summed E-state index contributed by atoms with van der Waals surface area (Å²) < 4.78 is 0. The third-order valence-corrected chi connectivity index (χ3v) is 4.22. The molecule has 0 heterocycles. The minimum atomic E-state index is 0.586. The average Bonchev–Trinajstić information content (AvgIpc) is 1.93. The van der Waals surface area contributed by atoms with E-state index in [1.165, 1.54) is 18.3 Å². The molecule has 0 aromatic heterocycles. The molecule has 1 heteroatoms. The van der Waals surface area contributed by atoms with Crippen molar-refractivity contribution in [3.8, 4) is 0 Å². The average molecular weight is 147 g/mol. The van der Waals surface area contributed by atoms with Gasteiger partial charge in [0.25, 0.3) is 0 Å². The van der Waals surface area contributed by atoms with Gasteiger partial charge in [0.15, 0.2) is 0 Å². The van der Waals surface area contributed by atoms with Crippen molar-refractivity contribution in [2.45, 2.75) is 33.6 Å². The van der Waals surface area contributed by atoms with Crippen LogP contribution in [0.3, 0.4) is 0 Å². The number of rotatable bonds is 0. The summed E-state index contributed by atoms with van der Waals surface area (Å²) in [5.74, 6) is 2.44. The molecule has 0 spiro atoms. The summed E-state index contributed by atoms with van der Waals surface area (Å²) in [6.07, 6.45) is 2.61. The van der Waals surface area contributed by atoms with Crippen molar-refractivity contribution in [3.63, 3.8) is 0 Å². The molecule has 3 aliphatic rings. The quantitative estimate of drug-likeness (QED) is 0.460. The van der Waals surface area contributed by atoms with Crippen LogP contribution in [0.4, 0.5) is 0 Å². The first-order chi connectivity index (χ1) is 5.03. The van der Waals surface area contributed by atoms with Crippen LogP contribution in [0.1, 0.15) is 33.6 Å². The molecule has 59 valence electrons. The van der Waals surface area contributed by atoms with Crippen LogP contribution in [0.5, 0.6) is 0 Å². The molecule has 3 rings (SSSR count). The Morgan fingerprint density at radius 2 is 2.09 bits per heavy atom. The van der Waals surface area contributed by atoms with E-state index in [1.807, 2.05) is 0 Å². The third kappa shape index (κ3) is 0.802. The molecule has 1 radical (unpaired) electrons.